The largest absolute Gasteiger partial charge is 0.365 e. The van der Waals surface area contributed by atoms with Crippen molar-refractivity contribution in [2.24, 2.45) is 0 Å². The molecule has 0 aliphatic heterocycles. The van der Waals surface area contributed by atoms with Crippen molar-refractivity contribution in [2.45, 2.75) is 23.6 Å². The minimum atomic E-state index is -0.228. The van der Waals surface area contributed by atoms with E-state index in [1.54, 1.807) is 6.20 Å². The van der Waals surface area contributed by atoms with E-state index in [0.29, 0.717) is 18.2 Å². The maximum Gasteiger partial charge on any atom is 0.191 e. The first kappa shape index (κ1) is 21.4. The molecule has 0 fully saturated rings. The fraction of sp³-hybridized carbons (Fsp3) is 0.190. The number of halogens is 3. The number of fused-ring (bicyclic) bond motifs is 1. The van der Waals surface area contributed by atoms with E-state index < -0.39 is 0 Å². The summed E-state index contributed by atoms with van der Waals surface area (Å²) in [6.07, 6.45) is 3.73. The standard InChI is InChI=1S/C21H18BrCl2N5S/c1-30-21-27-19(25-10-14-4-2-3-5-17(14)23)16-11-26-29(20(16)28-21)12-18(24)13-6-8-15(22)9-7-13/h2-9,11,18H,10,12H2,1H3,(H,25,27,28). The summed E-state index contributed by atoms with van der Waals surface area (Å²) in [6.45, 7) is 1.06. The summed E-state index contributed by atoms with van der Waals surface area (Å²) >= 11 is 17.9. The minimum absolute atomic E-state index is 0.228. The molecule has 0 aliphatic rings. The summed E-state index contributed by atoms with van der Waals surface area (Å²) in [5.74, 6) is 0.727. The highest BCUT2D eigenvalue weighted by atomic mass is 79.9. The van der Waals surface area contributed by atoms with Gasteiger partial charge in [0.25, 0.3) is 0 Å². The number of rotatable bonds is 7. The van der Waals surface area contributed by atoms with Crippen LogP contribution in [0.4, 0.5) is 5.82 Å². The number of nitrogens with zero attached hydrogens (tertiary/aromatic N) is 4. The molecule has 1 unspecified atom stereocenters. The van der Waals surface area contributed by atoms with Crippen LogP contribution in [0.5, 0.6) is 0 Å². The van der Waals surface area contributed by atoms with Crippen molar-refractivity contribution in [3.63, 3.8) is 0 Å². The number of hydrogen-bond acceptors (Lipinski definition) is 5. The van der Waals surface area contributed by atoms with Gasteiger partial charge in [0, 0.05) is 16.0 Å². The van der Waals surface area contributed by atoms with Gasteiger partial charge in [0.15, 0.2) is 10.8 Å². The summed E-state index contributed by atoms with van der Waals surface area (Å²) in [4.78, 5) is 9.30. The second kappa shape index (κ2) is 9.56. The summed E-state index contributed by atoms with van der Waals surface area (Å²) in [6, 6.07) is 15.7. The molecule has 0 aliphatic carbocycles. The zero-order valence-corrected chi connectivity index (χ0v) is 19.9. The van der Waals surface area contributed by atoms with Crippen LogP contribution in [0.1, 0.15) is 16.5 Å². The van der Waals surface area contributed by atoms with E-state index >= 15 is 0 Å². The molecule has 5 nitrogen and oxygen atoms in total. The molecule has 2 aromatic carbocycles. The molecule has 1 N–H and O–H groups in total. The number of alkyl halides is 1. The number of benzene rings is 2. The summed E-state index contributed by atoms with van der Waals surface area (Å²) < 4.78 is 2.85. The van der Waals surface area contributed by atoms with Crippen molar-refractivity contribution >= 4 is 67.7 Å². The monoisotopic (exact) mass is 521 g/mol. The Kier molecular flexibility index (Phi) is 6.83. The molecular weight excluding hydrogens is 505 g/mol. The lowest BCUT2D eigenvalue weighted by atomic mass is 10.1. The average Bonchev–Trinajstić information content (AvgIpc) is 3.16. The van der Waals surface area contributed by atoms with Gasteiger partial charge in [-0.25, -0.2) is 14.6 Å². The molecule has 0 amide bonds. The van der Waals surface area contributed by atoms with Crippen LogP contribution in [-0.4, -0.2) is 26.0 Å². The van der Waals surface area contributed by atoms with E-state index in [-0.39, 0.29) is 5.38 Å². The molecule has 154 valence electrons. The van der Waals surface area contributed by atoms with E-state index in [9.17, 15) is 0 Å². The van der Waals surface area contributed by atoms with Gasteiger partial charge in [-0.2, -0.15) is 5.10 Å². The van der Waals surface area contributed by atoms with Crippen molar-refractivity contribution < 1.29 is 0 Å². The van der Waals surface area contributed by atoms with Crippen molar-refractivity contribution in [2.75, 3.05) is 11.6 Å². The number of aromatic nitrogens is 4. The highest BCUT2D eigenvalue weighted by molar-refractivity contribution is 9.10. The predicted molar refractivity (Wildman–Crippen MR) is 129 cm³/mol. The molecule has 0 radical (unpaired) electrons. The topological polar surface area (TPSA) is 55.6 Å². The smallest absolute Gasteiger partial charge is 0.191 e. The Labute approximate surface area is 197 Å². The van der Waals surface area contributed by atoms with Crippen molar-refractivity contribution in [1.82, 2.24) is 19.7 Å². The van der Waals surface area contributed by atoms with E-state index in [1.165, 1.54) is 11.8 Å². The average molecular weight is 523 g/mol. The zero-order valence-electron chi connectivity index (χ0n) is 16.0. The van der Waals surface area contributed by atoms with Gasteiger partial charge in [-0.05, 0) is 35.6 Å². The minimum Gasteiger partial charge on any atom is -0.365 e. The van der Waals surface area contributed by atoms with Crippen LogP contribution in [0.25, 0.3) is 11.0 Å². The third kappa shape index (κ3) is 4.75. The van der Waals surface area contributed by atoms with Gasteiger partial charge in [-0.15, -0.1) is 11.6 Å². The Bertz CT molecular complexity index is 1170. The predicted octanol–water partition coefficient (Wildman–Crippen LogP) is 6.56. The summed E-state index contributed by atoms with van der Waals surface area (Å²) in [5, 5.41) is 9.92. The van der Waals surface area contributed by atoms with E-state index in [1.807, 2.05) is 59.5 Å². The van der Waals surface area contributed by atoms with Crippen LogP contribution < -0.4 is 5.32 Å². The highest BCUT2D eigenvalue weighted by Gasteiger charge is 2.16. The lowest BCUT2D eigenvalue weighted by Crippen LogP contribution is -2.08. The van der Waals surface area contributed by atoms with E-state index in [2.05, 4.69) is 36.3 Å². The maximum atomic E-state index is 6.67. The molecule has 1 atom stereocenters. The van der Waals surface area contributed by atoms with Crippen LogP contribution in [0, 0.1) is 0 Å². The van der Waals surface area contributed by atoms with Crippen LogP contribution in [0.2, 0.25) is 5.02 Å². The van der Waals surface area contributed by atoms with Gasteiger partial charge >= 0.3 is 0 Å². The second-order valence-corrected chi connectivity index (χ2v) is 9.21. The molecule has 0 saturated heterocycles. The van der Waals surface area contributed by atoms with Gasteiger partial charge in [-0.3, -0.25) is 0 Å². The van der Waals surface area contributed by atoms with E-state index in [4.69, 9.17) is 23.2 Å². The van der Waals surface area contributed by atoms with Crippen molar-refractivity contribution in [3.05, 3.63) is 75.4 Å². The third-order valence-electron chi connectivity index (χ3n) is 4.63. The fourth-order valence-electron chi connectivity index (χ4n) is 3.04. The SMILES string of the molecule is CSc1nc(NCc2ccccc2Cl)c2cnn(CC(Cl)c3ccc(Br)cc3)c2n1. The van der Waals surface area contributed by atoms with Gasteiger partial charge in [0.2, 0.25) is 0 Å². The number of hydrogen-bond donors (Lipinski definition) is 1. The van der Waals surface area contributed by atoms with Gasteiger partial charge in [0.1, 0.15) is 5.82 Å². The number of thioether (sulfide) groups is 1. The van der Waals surface area contributed by atoms with Crippen molar-refractivity contribution in [1.29, 1.82) is 0 Å². The first-order valence-corrected chi connectivity index (χ1v) is 12.0. The van der Waals surface area contributed by atoms with Crippen LogP contribution >= 0.6 is 50.9 Å². The first-order valence-electron chi connectivity index (χ1n) is 9.19. The Morgan fingerprint density at radius 1 is 1.13 bits per heavy atom. The molecule has 2 heterocycles. The molecule has 2 aromatic heterocycles. The fourth-order valence-corrected chi connectivity index (χ4v) is 4.15. The van der Waals surface area contributed by atoms with Crippen molar-refractivity contribution in [3.8, 4) is 0 Å². The number of anilines is 1. The molecule has 9 heteroatoms. The Balaban J connectivity index is 1.62. The van der Waals surface area contributed by atoms with Gasteiger partial charge < -0.3 is 5.32 Å². The normalized spacial score (nSPS) is 12.3. The van der Waals surface area contributed by atoms with Gasteiger partial charge in [-0.1, -0.05) is 69.6 Å². The lowest BCUT2D eigenvalue weighted by molar-refractivity contribution is 0.613. The van der Waals surface area contributed by atoms with Crippen LogP contribution in [-0.2, 0) is 13.1 Å². The Morgan fingerprint density at radius 2 is 1.90 bits per heavy atom. The second-order valence-electron chi connectivity index (χ2n) is 6.59. The van der Waals surface area contributed by atoms with Crippen LogP contribution in [0.3, 0.4) is 0 Å². The highest BCUT2D eigenvalue weighted by Crippen LogP contribution is 2.28. The van der Waals surface area contributed by atoms with Crippen LogP contribution in [0.15, 0.2) is 64.4 Å². The lowest BCUT2D eigenvalue weighted by Gasteiger charge is -2.12. The quantitative estimate of drug-likeness (QED) is 0.169. The van der Waals surface area contributed by atoms with E-state index in [0.717, 1.165) is 37.5 Å². The molecule has 0 saturated carbocycles. The maximum absolute atomic E-state index is 6.67. The Morgan fingerprint density at radius 3 is 2.63 bits per heavy atom. The molecule has 4 aromatic rings. The third-order valence-corrected chi connectivity index (χ3v) is 6.46. The summed E-state index contributed by atoms with van der Waals surface area (Å²) in [5.41, 5.74) is 2.78. The molecular formula is C21H18BrCl2N5S. The summed E-state index contributed by atoms with van der Waals surface area (Å²) in [7, 11) is 0. The number of nitrogens with one attached hydrogen (secondary N) is 1. The zero-order chi connectivity index (χ0) is 21.1. The molecule has 30 heavy (non-hydrogen) atoms. The molecule has 0 spiro atoms. The van der Waals surface area contributed by atoms with Gasteiger partial charge in [0.05, 0.1) is 23.5 Å². The molecule has 4 rings (SSSR count). The molecule has 0 bridgehead atoms. The Hall–Kier alpha value is -1.80. The first-order chi connectivity index (χ1) is 14.5.